The number of aliphatic carboxylic acids is 1. The Bertz CT molecular complexity index is 1090. The number of carbonyl (C=O) groups is 5. The van der Waals surface area contributed by atoms with Gasteiger partial charge in [-0.3, -0.25) is 24.6 Å². The Morgan fingerprint density at radius 1 is 0.909 bits per heavy atom. The van der Waals surface area contributed by atoms with Gasteiger partial charge in [-0.05, 0) is 31.4 Å². The van der Waals surface area contributed by atoms with Crippen LogP contribution in [0.1, 0.15) is 32.3 Å². The fraction of sp³-hybridized carbons (Fsp3) is 0.571. The highest BCUT2D eigenvalue weighted by Gasteiger charge is 2.32. The Morgan fingerprint density at radius 3 is 2.11 bits per heavy atom. The van der Waals surface area contributed by atoms with Crippen molar-refractivity contribution in [2.24, 2.45) is 11.7 Å². The first-order chi connectivity index (χ1) is 20.9. The van der Waals surface area contributed by atoms with Crippen LogP contribution in [0.4, 0.5) is 0 Å². The molecule has 0 saturated heterocycles. The van der Waals surface area contributed by atoms with E-state index in [9.17, 15) is 34.2 Å². The van der Waals surface area contributed by atoms with E-state index in [-0.39, 0.29) is 38.6 Å². The van der Waals surface area contributed by atoms with E-state index in [4.69, 9.17) is 15.9 Å². The number of rotatable bonds is 21. The van der Waals surface area contributed by atoms with Gasteiger partial charge in [0.25, 0.3) is 0 Å². The zero-order valence-electron chi connectivity index (χ0n) is 25.4. The van der Waals surface area contributed by atoms with E-state index in [1.165, 1.54) is 0 Å². The van der Waals surface area contributed by atoms with Crippen molar-refractivity contribution in [3.05, 3.63) is 35.9 Å². The first-order valence-electron chi connectivity index (χ1n) is 14.3. The molecular weight excluding hydrogens is 576 g/mol. The SMILES string of the molecule is CNCCOCC(=O)N[C@@H](CCCNC(=N)N)C(=O)NC(C(=O)N[C@@H](CO)C(=O)N[C@@H](Cc1ccccc1)C(=O)O)C(C)C. The van der Waals surface area contributed by atoms with Crippen molar-refractivity contribution in [1.29, 1.82) is 5.41 Å². The summed E-state index contributed by atoms with van der Waals surface area (Å²) in [5, 5.41) is 42.1. The lowest BCUT2D eigenvalue weighted by Gasteiger charge is -2.27. The maximum absolute atomic E-state index is 13.2. The number of hydrogen-bond donors (Lipinski definition) is 10. The topological polar surface area (TPSA) is 257 Å². The van der Waals surface area contributed by atoms with Gasteiger partial charge in [-0.15, -0.1) is 0 Å². The molecule has 4 amide bonds. The fourth-order valence-electron chi connectivity index (χ4n) is 3.94. The number of guanidine groups is 1. The molecule has 0 radical (unpaired) electrons. The van der Waals surface area contributed by atoms with Gasteiger partial charge < -0.3 is 52.6 Å². The van der Waals surface area contributed by atoms with E-state index in [0.29, 0.717) is 18.5 Å². The minimum absolute atomic E-state index is 0.0196. The number of carboxylic acid groups (broad SMARTS) is 1. The van der Waals surface area contributed by atoms with Gasteiger partial charge in [0.15, 0.2) is 5.96 Å². The molecule has 1 aromatic carbocycles. The van der Waals surface area contributed by atoms with Crippen LogP contribution in [0.3, 0.4) is 0 Å². The van der Waals surface area contributed by atoms with Crippen molar-refractivity contribution in [2.75, 3.05) is 40.0 Å². The highest BCUT2D eigenvalue weighted by Crippen LogP contribution is 2.07. The summed E-state index contributed by atoms with van der Waals surface area (Å²) >= 11 is 0. The first kappa shape index (κ1) is 37.7. The second-order valence-electron chi connectivity index (χ2n) is 10.3. The standard InChI is InChI=1S/C28H46N8O8/c1-17(2)23(36-24(39)19(10-7-11-32-28(29)30)33-22(38)16-44-13-12-31-3)26(41)35-21(15-37)25(40)34-20(27(42)43)14-18-8-5-4-6-9-18/h4-6,8-9,17,19-21,23,31,37H,7,10-16H2,1-3H3,(H,33,38)(H,34,40)(H,35,41)(H,36,39)(H,42,43)(H4,29,30,32)/t19-,20-,21-,23?/m0/s1. The van der Waals surface area contributed by atoms with Crippen molar-refractivity contribution in [2.45, 2.75) is 57.3 Å². The minimum Gasteiger partial charge on any atom is -0.480 e. The molecule has 16 nitrogen and oxygen atoms in total. The lowest BCUT2D eigenvalue weighted by atomic mass is 10.0. The zero-order valence-corrected chi connectivity index (χ0v) is 25.4. The van der Waals surface area contributed by atoms with E-state index < -0.39 is 66.3 Å². The van der Waals surface area contributed by atoms with Gasteiger partial charge in [0.1, 0.15) is 30.8 Å². The smallest absolute Gasteiger partial charge is 0.326 e. The molecule has 1 rings (SSSR count). The summed E-state index contributed by atoms with van der Waals surface area (Å²) in [4.78, 5) is 63.5. The van der Waals surface area contributed by atoms with Crippen molar-refractivity contribution >= 4 is 35.6 Å². The molecular formula is C28H46N8O8. The van der Waals surface area contributed by atoms with Crippen LogP contribution in [-0.4, -0.2) is 110 Å². The summed E-state index contributed by atoms with van der Waals surface area (Å²) in [6.45, 7) is 3.24. The number of aliphatic hydroxyl groups excluding tert-OH is 1. The summed E-state index contributed by atoms with van der Waals surface area (Å²) in [6, 6.07) is 3.57. The van der Waals surface area contributed by atoms with Crippen molar-refractivity contribution in [3.8, 4) is 0 Å². The number of benzene rings is 1. The third-order valence-corrected chi connectivity index (χ3v) is 6.33. The van der Waals surface area contributed by atoms with Gasteiger partial charge in [-0.2, -0.15) is 0 Å². The molecule has 0 aromatic heterocycles. The molecule has 0 aliphatic heterocycles. The van der Waals surface area contributed by atoms with E-state index >= 15 is 0 Å². The van der Waals surface area contributed by atoms with Crippen LogP contribution in [0.5, 0.6) is 0 Å². The predicted molar refractivity (Wildman–Crippen MR) is 161 cm³/mol. The van der Waals surface area contributed by atoms with Crippen molar-refractivity contribution in [3.63, 3.8) is 0 Å². The summed E-state index contributed by atoms with van der Waals surface area (Å²) in [5.41, 5.74) is 5.95. The molecule has 0 bridgehead atoms. The van der Waals surface area contributed by atoms with E-state index in [2.05, 4.69) is 31.9 Å². The molecule has 11 N–H and O–H groups in total. The van der Waals surface area contributed by atoms with Gasteiger partial charge >= 0.3 is 5.97 Å². The van der Waals surface area contributed by atoms with Crippen LogP contribution in [0.2, 0.25) is 0 Å². The number of aliphatic hydroxyl groups is 1. The predicted octanol–water partition coefficient (Wildman–Crippen LogP) is -2.60. The molecule has 1 aromatic rings. The molecule has 4 atom stereocenters. The lowest BCUT2D eigenvalue weighted by Crippen LogP contribution is -2.60. The Kier molecular flexibility index (Phi) is 17.7. The minimum atomic E-state index is -1.50. The van der Waals surface area contributed by atoms with Gasteiger partial charge in [0.2, 0.25) is 23.6 Å². The number of carbonyl (C=O) groups excluding carboxylic acids is 4. The van der Waals surface area contributed by atoms with Crippen LogP contribution in [0.15, 0.2) is 30.3 Å². The summed E-state index contributed by atoms with van der Waals surface area (Å²) < 4.78 is 5.26. The number of nitrogens with one attached hydrogen (secondary N) is 7. The van der Waals surface area contributed by atoms with Crippen LogP contribution >= 0.6 is 0 Å². The normalized spacial score (nSPS) is 13.6. The highest BCUT2D eigenvalue weighted by molar-refractivity contribution is 5.95. The Hall–Kier alpha value is -4.28. The number of nitrogens with two attached hydrogens (primary N) is 1. The monoisotopic (exact) mass is 622 g/mol. The number of likely N-dealkylation sites (N-methyl/N-ethyl adjacent to an activating group) is 1. The largest absolute Gasteiger partial charge is 0.480 e. The third kappa shape index (κ3) is 14.8. The maximum Gasteiger partial charge on any atom is 0.326 e. The molecule has 44 heavy (non-hydrogen) atoms. The van der Waals surface area contributed by atoms with E-state index in [0.717, 1.165) is 0 Å². The molecule has 0 fully saturated rings. The number of ether oxygens (including phenoxy) is 1. The molecule has 0 saturated carbocycles. The maximum atomic E-state index is 13.2. The van der Waals surface area contributed by atoms with Gasteiger partial charge in [-0.25, -0.2) is 4.79 Å². The van der Waals surface area contributed by atoms with Crippen molar-refractivity contribution in [1.82, 2.24) is 31.9 Å². The Labute approximate surface area is 256 Å². The summed E-state index contributed by atoms with van der Waals surface area (Å²) in [6.07, 6.45) is 0.465. The fourth-order valence-corrected chi connectivity index (χ4v) is 3.94. The average molecular weight is 623 g/mol. The van der Waals surface area contributed by atoms with Gasteiger partial charge in [0.05, 0.1) is 13.2 Å². The highest BCUT2D eigenvalue weighted by atomic mass is 16.5. The zero-order chi connectivity index (χ0) is 33.1. The number of carboxylic acids is 1. The summed E-state index contributed by atoms with van der Waals surface area (Å²) in [5.74, 6) is -4.96. The Morgan fingerprint density at radius 2 is 1.55 bits per heavy atom. The van der Waals surface area contributed by atoms with Crippen LogP contribution < -0.4 is 37.6 Å². The number of amides is 4. The number of hydrogen-bond acceptors (Lipinski definition) is 9. The van der Waals surface area contributed by atoms with Gasteiger partial charge in [-0.1, -0.05) is 44.2 Å². The molecule has 0 spiro atoms. The van der Waals surface area contributed by atoms with E-state index in [1.807, 2.05) is 0 Å². The van der Waals surface area contributed by atoms with Crippen LogP contribution in [-0.2, 0) is 35.1 Å². The molecule has 16 heteroatoms. The molecule has 0 aliphatic rings. The third-order valence-electron chi connectivity index (χ3n) is 6.33. The molecule has 0 heterocycles. The molecule has 0 aliphatic carbocycles. The quantitative estimate of drug-likeness (QED) is 0.0386. The van der Waals surface area contributed by atoms with Gasteiger partial charge in [0, 0.05) is 19.5 Å². The molecule has 246 valence electrons. The second kappa shape index (κ2) is 20.6. The van der Waals surface area contributed by atoms with Crippen molar-refractivity contribution < 1.29 is 38.9 Å². The second-order valence-corrected chi connectivity index (χ2v) is 10.3. The Balaban J connectivity index is 2.93. The first-order valence-corrected chi connectivity index (χ1v) is 14.3. The molecule has 1 unspecified atom stereocenters. The summed E-state index contributed by atoms with van der Waals surface area (Å²) in [7, 11) is 1.73. The average Bonchev–Trinajstić information content (AvgIpc) is 2.97. The lowest BCUT2D eigenvalue weighted by molar-refractivity contribution is -0.142. The van der Waals surface area contributed by atoms with E-state index in [1.54, 1.807) is 51.2 Å². The van der Waals surface area contributed by atoms with Crippen LogP contribution in [0, 0.1) is 11.3 Å². The van der Waals surface area contributed by atoms with Crippen LogP contribution in [0.25, 0.3) is 0 Å².